The molecule has 0 aromatic heterocycles. The molecule has 158 valence electrons. The molecule has 0 bridgehead atoms. The van der Waals surface area contributed by atoms with Crippen molar-refractivity contribution in [2.24, 2.45) is 0 Å². The molecule has 1 atom stereocenters. The van der Waals surface area contributed by atoms with Crippen molar-refractivity contribution < 1.29 is 28.7 Å². The van der Waals surface area contributed by atoms with Gasteiger partial charge in [-0.1, -0.05) is 30.3 Å². The lowest BCUT2D eigenvalue weighted by Crippen LogP contribution is -2.42. The second kappa shape index (κ2) is 10.8. The van der Waals surface area contributed by atoms with Crippen molar-refractivity contribution in [3.05, 3.63) is 65.2 Å². The molecule has 2 N–H and O–H groups in total. The largest absolute Gasteiger partial charge is 0.496 e. The predicted molar refractivity (Wildman–Crippen MR) is 109 cm³/mol. The molecule has 3 amide bonds. The number of urea groups is 1. The van der Waals surface area contributed by atoms with E-state index in [0.717, 1.165) is 0 Å². The second-order valence-corrected chi connectivity index (χ2v) is 6.39. The number of hydrogen-bond donors (Lipinski definition) is 2. The van der Waals surface area contributed by atoms with Gasteiger partial charge in [-0.15, -0.1) is 0 Å². The minimum Gasteiger partial charge on any atom is -0.496 e. The Morgan fingerprint density at radius 1 is 1.03 bits per heavy atom. The maximum atomic E-state index is 12.6. The number of hydrogen-bond acceptors (Lipinski definition) is 6. The number of benzene rings is 2. The summed E-state index contributed by atoms with van der Waals surface area (Å²) in [6.07, 6.45) is -1.54. The Balaban J connectivity index is 2.22. The highest BCUT2D eigenvalue weighted by atomic mass is 16.5. The summed E-state index contributed by atoms with van der Waals surface area (Å²) in [5, 5.41) is 4.61. The molecule has 0 fully saturated rings. The van der Waals surface area contributed by atoms with E-state index in [1.54, 1.807) is 55.5 Å². The monoisotopic (exact) mass is 412 g/mol. The number of methoxy groups -OCH3 is 1. The quantitative estimate of drug-likeness (QED) is 0.509. The van der Waals surface area contributed by atoms with Crippen LogP contribution in [0.25, 0.3) is 0 Å². The zero-order valence-electron chi connectivity index (χ0n) is 17.1. The molecule has 2 aromatic rings. The Kier molecular flexibility index (Phi) is 8.10. The summed E-state index contributed by atoms with van der Waals surface area (Å²) in [7, 11) is 1.45. The molecular weight excluding hydrogens is 388 g/mol. The predicted octanol–water partition coefficient (Wildman–Crippen LogP) is 2.57. The molecule has 2 rings (SSSR count). The molecular formula is C22H24N2O6. The summed E-state index contributed by atoms with van der Waals surface area (Å²) in [5.74, 6) is -1.23. The van der Waals surface area contributed by atoms with Gasteiger partial charge in [-0.3, -0.25) is 19.7 Å². The molecule has 0 aliphatic rings. The van der Waals surface area contributed by atoms with E-state index in [0.29, 0.717) is 29.0 Å². The molecule has 0 saturated carbocycles. The maximum absolute atomic E-state index is 12.6. The maximum Gasteiger partial charge on any atom is 0.321 e. The summed E-state index contributed by atoms with van der Waals surface area (Å²) in [6, 6.07) is 12.4. The first-order valence-corrected chi connectivity index (χ1v) is 9.36. The van der Waals surface area contributed by atoms with Crippen LogP contribution in [-0.4, -0.2) is 37.3 Å². The second-order valence-electron chi connectivity index (χ2n) is 6.39. The van der Waals surface area contributed by atoms with Crippen LogP contribution in [0.3, 0.4) is 0 Å². The highest BCUT2D eigenvalue weighted by molar-refractivity contribution is 5.98. The van der Waals surface area contributed by atoms with Crippen molar-refractivity contribution in [1.82, 2.24) is 10.6 Å². The summed E-state index contributed by atoms with van der Waals surface area (Å²) < 4.78 is 10.7. The first kappa shape index (κ1) is 22.6. The molecule has 0 spiro atoms. The van der Waals surface area contributed by atoms with Crippen LogP contribution in [-0.2, 0) is 20.7 Å². The van der Waals surface area contributed by atoms with Crippen molar-refractivity contribution in [3.63, 3.8) is 0 Å². The third-order valence-corrected chi connectivity index (χ3v) is 4.19. The van der Waals surface area contributed by atoms with Crippen molar-refractivity contribution in [2.45, 2.75) is 26.4 Å². The molecule has 30 heavy (non-hydrogen) atoms. The molecule has 8 heteroatoms. The van der Waals surface area contributed by atoms with E-state index < -0.39 is 24.0 Å². The van der Waals surface area contributed by atoms with Gasteiger partial charge in [0.25, 0.3) is 5.91 Å². The van der Waals surface area contributed by atoms with E-state index in [4.69, 9.17) is 9.47 Å². The van der Waals surface area contributed by atoms with Crippen molar-refractivity contribution >= 4 is 23.7 Å². The minimum absolute atomic E-state index is 0.157. The fourth-order valence-electron chi connectivity index (χ4n) is 2.75. The fraction of sp³-hybridized carbons (Fsp3) is 0.273. The van der Waals surface area contributed by atoms with Gasteiger partial charge in [0.1, 0.15) is 5.75 Å². The first-order valence-electron chi connectivity index (χ1n) is 9.36. The van der Waals surface area contributed by atoms with E-state index in [9.17, 15) is 19.2 Å². The van der Waals surface area contributed by atoms with E-state index in [1.165, 1.54) is 14.0 Å². The molecule has 8 nitrogen and oxygen atoms in total. The number of carbonyl (C=O) groups excluding carboxylic acids is 4. The topological polar surface area (TPSA) is 111 Å². The molecule has 0 radical (unpaired) electrons. The van der Waals surface area contributed by atoms with Gasteiger partial charge in [-0.25, -0.2) is 4.79 Å². The summed E-state index contributed by atoms with van der Waals surface area (Å²) in [5.41, 5.74) is 1.29. The van der Waals surface area contributed by atoms with Crippen LogP contribution < -0.4 is 15.4 Å². The Morgan fingerprint density at radius 3 is 2.33 bits per heavy atom. The number of ketones is 1. The fourth-order valence-corrected chi connectivity index (χ4v) is 2.75. The Hall–Kier alpha value is -3.68. The lowest BCUT2D eigenvalue weighted by molar-refractivity contribution is -0.155. The average Bonchev–Trinajstić information content (AvgIpc) is 2.72. The van der Waals surface area contributed by atoms with Gasteiger partial charge in [-0.05, 0) is 32.0 Å². The van der Waals surface area contributed by atoms with Crippen molar-refractivity contribution in [3.8, 4) is 5.75 Å². The van der Waals surface area contributed by atoms with E-state index >= 15 is 0 Å². The Morgan fingerprint density at radius 2 is 1.73 bits per heavy atom. The number of imide groups is 1. The van der Waals surface area contributed by atoms with Gasteiger partial charge in [0.05, 0.1) is 13.5 Å². The van der Waals surface area contributed by atoms with E-state index in [1.807, 2.05) is 0 Å². The molecule has 0 unspecified atom stereocenters. The zero-order valence-corrected chi connectivity index (χ0v) is 17.1. The molecule has 0 aliphatic carbocycles. The average molecular weight is 412 g/mol. The smallest absolute Gasteiger partial charge is 0.321 e. The van der Waals surface area contributed by atoms with E-state index in [2.05, 4.69) is 10.6 Å². The number of amides is 3. The number of carbonyl (C=O) groups is 4. The van der Waals surface area contributed by atoms with Gasteiger partial charge in [0.2, 0.25) is 6.10 Å². The SMILES string of the molecule is CCNC(=O)NC(=O)[C@@H](OC(=O)Cc1cc(C(C)=O)ccc1OC)c1ccccc1. The standard InChI is InChI=1S/C22H24N2O6/c1-4-23-22(28)24-21(27)20(15-8-6-5-7-9-15)30-19(26)13-17-12-16(14(2)25)10-11-18(17)29-3/h5-12,20H,4,13H2,1-3H3,(H2,23,24,27,28)/t20-/m0/s1. The Bertz CT molecular complexity index is 926. The lowest BCUT2D eigenvalue weighted by Gasteiger charge is -2.18. The number of nitrogens with one attached hydrogen (secondary N) is 2. The highest BCUT2D eigenvalue weighted by Crippen LogP contribution is 2.23. The zero-order chi connectivity index (χ0) is 22.1. The summed E-state index contributed by atoms with van der Waals surface area (Å²) in [6.45, 7) is 3.46. The highest BCUT2D eigenvalue weighted by Gasteiger charge is 2.27. The Labute approximate surface area is 174 Å². The van der Waals surface area contributed by atoms with Gasteiger partial charge < -0.3 is 14.8 Å². The van der Waals surface area contributed by atoms with Crippen molar-refractivity contribution in [1.29, 1.82) is 0 Å². The van der Waals surface area contributed by atoms with Gasteiger partial charge in [0.15, 0.2) is 5.78 Å². The third kappa shape index (κ3) is 6.16. The van der Waals surface area contributed by atoms with Crippen molar-refractivity contribution in [2.75, 3.05) is 13.7 Å². The lowest BCUT2D eigenvalue weighted by atomic mass is 10.0. The number of esters is 1. The number of Topliss-reactive ketones (excluding diaryl/α,β-unsaturated/α-hetero) is 1. The van der Waals surface area contributed by atoms with Crippen LogP contribution in [0.5, 0.6) is 5.75 Å². The molecule has 0 heterocycles. The van der Waals surface area contributed by atoms with Gasteiger partial charge in [-0.2, -0.15) is 0 Å². The van der Waals surface area contributed by atoms with Crippen LogP contribution in [0.1, 0.15) is 41.4 Å². The minimum atomic E-state index is -1.32. The van der Waals surface area contributed by atoms with Gasteiger partial charge in [0, 0.05) is 23.2 Å². The van der Waals surface area contributed by atoms with Crippen LogP contribution in [0, 0.1) is 0 Å². The first-order chi connectivity index (χ1) is 14.3. The normalized spacial score (nSPS) is 11.2. The van der Waals surface area contributed by atoms with Crippen LogP contribution in [0.2, 0.25) is 0 Å². The summed E-state index contributed by atoms with van der Waals surface area (Å²) >= 11 is 0. The number of ether oxygens (including phenoxy) is 2. The molecule has 0 aliphatic heterocycles. The number of rotatable bonds is 8. The van der Waals surface area contributed by atoms with E-state index in [-0.39, 0.29) is 12.2 Å². The molecule has 2 aromatic carbocycles. The van der Waals surface area contributed by atoms with Gasteiger partial charge >= 0.3 is 12.0 Å². The third-order valence-electron chi connectivity index (χ3n) is 4.19. The van der Waals surface area contributed by atoms with Crippen LogP contribution >= 0.6 is 0 Å². The molecule has 0 saturated heterocycles. The van der Waals surface area contributed by atoms with Crippen LogP contribution in [0.4, 0.5) is 4.79 Å². The van der Waals surface area contributed by atoms with Crippen LogP contribution in [0.15, 0.2) is 48.5 Å². The summed E-state index contributed by atoms with van der Waals surface area (Å²) in [4.78, 5) is 48.5.